The van der Waals surface area contributed by atoms with Gasteiger partial charge in [-0.2, -0.15) is 0 Å². The van der Waals surface area contributed by atoms with Crippen molar-refractivity contribution in [3.63, 3.8) is 0 Å². The molecule has 0 saturated heterocycles. The third-order valence-electron chi connectivity index (χ3n) is 0.973. The highest BCUT2D eigenvalue weighted by molar-refractivity contribution is 6.31. The lowest BCUT2D eigenvalue weighted by molar-refractivity contribution is 1.48. The van der Waals surface area contributed by atoms with Crippen molar-refractivity contribution in [2.75, 3.05) is 0 Å². The lowest BCUT2D eigenvalue weighted by Gasteiger charge is -1.91. The highest BCUT2D eigenvalue weighted by Crippen LogP contribution is 2.10. The maximum Gasteiger partial charge on any atom is 0.0429 e. The van der Waals surface area contributed by atoms with Crippen LogP contribution in [0.5, 0.6) is 0 Å². The molecule has 0 spiro atoms. The first-order chi connectivity index (χ1) is 4.22. The fourth-order valence-electron chi connectivity index (χ4n) is 0.491. The number of halogens is 1. The van der Waals surface area contributed by atoms with E-state index in [2.05, 4.69) is 6.58 Å². The predicted octanol–water partition coefficient (Wildman–Crippen LogP) is 3.26. The van der Waals surface area contributed by atoms with Crippen LogP contribution in [0, 0.1) is 0 Å². The van der Waals surface area contributed by atoms with Crippen LogP contribution in [0.1, 0.15) is 13.8 Å². The number of hydrogen-bond donors (Lipinski definition) is 0. The summed E-state index contributed by atoms with van der Waals surface area (Å²) in [7, 11) is 0. The van der Waals surface area contributed by atoms with Crippen LogP contribution in [0.15, 0.2) is 35.4 Å². The third-order valence-corrected chi connectivity index (χ3v) is 1.42. The smallest absolute Gasteiger partial charge is 0.0429 e. The Morgan fingerprint density at radius 3 is 2.44 bits per heavy atom. The molecular formula is C8H11Cl. The topological polar surface area (TPSA) is 0 Å². The minimum Gasteiger partial charge on any atom is -0.0976 e. The van der Waals surface area contributed by atoms with E-state index in [4.69, 9.17) is 11.6 Å². The van der Waals surface area contributed by atoms with Crippen LogP contribution in [-0.2, 0) is 0 Å². The minimum atomic E-state index is 0.716. The average Bonchev–Trinajstić information content (AvgIpc) is 1.87. The molecule has 0 saturated carbocycles. The maximum absolute atomic E-state index is 5.70. The molecule has 50 valence electrons. The first kappa shape index (κ1) is 8.51. The Balaban J connectivity index is 4.27. The maximum atomic E-state index is 5.70. The Labute approximate surface area is 61.5 Å². The largest absolute Gasteiger partial charge is 0.0976 e. The van der Waals surface area contributed by atoms with Crippen LogP contribution in [0.3, 0.4) is 0 Å². The van der Waals surface area contributed by atoms with E-state index in [1.165, 1.54) is 0 Å². The SMILES string of the molecule is C=CC(Cl)=C(C)C=CC. The molecule has 0 aromatic carbocycles. The summed E-state index contributed by atoms with van der Waals surface area (Å²) in [6.45, 7) is 7.44. The van der Waals surface area contributed by atoms with E-state index < -0.39 is 0 Å². The van der Waals surface area contributed by atoms with Crippen molar-refractivity contribution >= 4 is 11.6 Å². The normalized spacial score (nSPS) is 13.7. The molecule has 0 fully saturated rings. The van der Waals surface area contributed by atoms with Gasteiger partial charge in [0, 0.05) is 5.03 Å². The van der Waals surface area contributed by atoms with E-state index in [0.29, 0.717) is 5.03 Å². The first-order valence-electron chi connectivity index (χ1n) is 2.84. The second-order valence-corrected chi connectivity index (χ2v) is 2.14. The van der Waals surface area contributed by atoms with Crippen LogP contribution in [0.4, 0.5) is 0 Å². The van der Waals surface area contributed by atoms with Crippen LogP contribution in [0.2, 0.25) is 0 Å². The zero-order valence-corrected chi connectivity index (χ0v) is 6.57. The van der Waals surface area contributed by atoms with Gasteiger partial charge in [0.1, 0.15) is 0 Å². The Morgan fingerprint density at radius 1 is 1.56 bits per heavy atom. The summed E-state index contributed by atoms with van der Waals surface area (Å²) in [5.74, 6) is 0. The summed E-state index contributed by atoms with van der Waals surface area (Å²) in [6.07, 6.45) is 5.53. The summed E-state index contributed by atoms with van der Waals surface area (Å²) in [4.78, 5) is 0. The molecule has 0 aromatic rings. The van der Waals surface area contributed by atoms with Gasteiger partial charge in [0.05, 0.1) is 0 Å². The van der Waals surface area contributed by atoms with Gasteiger partial charge in [-0.25, -0.2) is 0 Å². The number of allylic oxidation sites excluding steroid dienone is 5. The Kier molecular flexibility index (Phi) is 4.16. The fraction of sp³-hybridized carbons (Fsp3) is 0.250. The summed E-state index contributed by atoms with van der Waals surface area (Å²) in [6, 6.07) is 0. The molecule has 0 N–H and O–H groups in total. The molecule has 1 heteroatoms. The molecular weight excluding hydrogens is 132 g/mol. The molecule has 0 unspecified atom stereocenters. The molecule has 0 rings (SSSR count). The molecule has 0 heterocycles. The van der Waals surface area contributed by atoms with Gasteiger partial charge in [-0.05, 0) is 19.4 Å². The van der Waals surface area contributed by atoms with Gasteiger partial charge < -0.3 is 0 Å². The van der Waals surface area contributed by atoms with Gasteiger partial charge in [0.25, 0.3) is 0 Å². The summed E-state index contributed by atoms with van der Waals surface area (Å²) in [5.41, 5.74) is 1.05. The molecule has 0 aliphatic heterocycles. The van der Waals surface area contributed by atoms with Crippen LogP contribution in [-0.4, -0.2) is 0 Å². The van der Waals surface area contributed by atoms with Crippen molar-refractivity contribution in [2.45, 2.75) is 13.8 Å². The van der Waals surface area contributed by atoms with Gasteiger partial charge in [-0.3, -0.25) is 0 Å². The average molecular weight is 143 g/mol. The second kappa shape index (κ2) is 4.39. The minimum absolute atomic E-state index is 0.716. The van der Waals surface area contributed by atoms with Gasteiger partial charge >= 0.3 is 0 Å². The van der Waals surface area contributed by atoms with Crippen molar-refractivity contribution in [1.82, 2.24) is 0 Å². The van der Waals surface area contributed by atoms with Gasteiger partial charge in [0.2, 0.25) is 0 Å². The monoisotopic (exact) mass is 142 g/mol. The molecule has 0 nitrogen and oxygen atoms in total. The van der Waals surface area contributed by atoms with Gasteiger partial charge in [0.15, 0.2) is 0 Å². The predicted molar refractivity (Wildman–Crippen MR) is 43.6 cm³/mol. The number of rotatable bonds is 2. The Bertz CT molecular complexity index is 152. The third kappa shape index (κ3) is 3.15. The highest BCUT2D eigenvalue weighted by atomic mass is 35.5. The molecule has 0 aliphatic rings. The molecule has 0 atom stereocenters. The van der Waals surface area contributed by atoms with Crippen molar-refractivity contribution < 1.29 is 0 Å². The van der Waals surface area contributed by atoms with Crippen molar-refractivity contribution in [2.24, 2.45) is 0 Å². The van der Waals surface area contributed by atoms with Crippen molar-refractivity contribution in [3.8, 4) is 0 Å². The molecule has 0 aliphatic carbocycles. The quantitative estimate of drug-likeness (QED) is 0.520. The molecule has 0 aromatic heterocycles. The van der Waals surface area contributed by atoms with Crippen LogP contribution < -0.4 is 0 Å². The second-order valence-electron chi connectivity index (χ2n) is 1.74. The molecule has 0 radical (unpaired) electrons. The van der Waals surface area contributed by atoms with E-state index in [1.807, 2.05) is 26.0 Å². The van der Waals surface area contributed by atoms with Crippen molar-refractivity contribution in [3.05, 3.63) is 35.4 Å². The van der Waals surface area contributed by atoms with E-state index in [-0.39, 0.29) is 0 Å². The lowest BCUT2D eigenvalue weighted by Crippen LogP contribution is -1.69. The standard InChI is InChI=1S/C8H11Cl/c1-4-6-7(3)8(9)5-2/h4-6H,2H2,1,3H3. The fourth-order valence-corrected chi connectivity index (χ4v) is 0.554. The Morgan fingerprint density at radius 2 is 2.11 bits per heavy atom. The number of hydrogen-bond acceptors (Lipinski definition) is 0. The first-order valence-corrected chi connectivity index (χ1v) is 3.21. The van der Waals surface area contributed by atoms with E-state index in [9.17, 15) is 0 Å². The molecule has 9 heavy (non-hydrogen) atoms. The molecule has 0 bridgehead atoms. The summed E-state index contributed by atoms with van der Waals surface area (Å²) >= 11 is 5.70. The lowest BCUT2D eigenvalue weighted by atomic mass is 10.2. The van der Waals surface area contributed by atoms with E-state index >= 15 is 0 Å². The zero-order valence-electron chi connectivity index (χ0n) is 5.82. The Hall–Kier alpha value is -0.490. The van der Waals surface area contributed by atoms with E-state index in [1.54, 1.807) is 6.08 Å². The van der Waals surface area contributed by atoms with Gasteiger partial charge in [-0.1, -0.05) is 36.4 Å². The van der Waals surface area contributed by atoms with Crippen LogP contribution in [0.25, 0.3) is 0 Å². The summed E-state index contributed by atoms with van der Waals surface area (Å²) in [5, 5.41) is 0.716. The zero-order chi connectivity index (χ0) is 7.28. The van der Waals surface area contributed by atoms with Crippen molar-refractivity contribution in [1.29, 1.82) is 0 Å². The molecule has 0 amide bonds. The van der Waals surface area contributed by atoms with E-state index in [0.717, 1.165) is 5.57 Å². The summed E-state index contributed by atoms with van der Waals surface area (Å²) < 4.78 is 0. The van der Waals surface area contributed by atoms with Gasteiger partial charge in [-0.15, -0.1) is 0 Å². The van der Waals surface area contributed by atoms with Crippen LogP contribution >= 0.6 is 11.6 Å². The highest BCUT2D eigenvalue weighted by Gasteiger charge is 1.86.